The molecule has 2 aromatic heterocycles. The van der Waals surface area contributed by atoms with E-state index in [1.54, 1.807) is 11.3 Å². The summed E-state index contributed by atoms with van der Waals surface area (Å²) in [4.78, 5) is 23.3. The van der Waals surface area contributed by atoms with Crippen LogP contribution in [0.2, 0.25) is 0 Å². The number of benzene rings is 1. The number of aromatic nitrogens is 1. The maximum atomic E-state index is 12.6. The molecule has 3 heterocycles. The van der Waals surface area contributed by atoms with Crippen molar-refractivity contribution >= 4 is 22.9 Å². The number of piperazine rings is 1. The first kappa shape index (κ1) is 22.5. The minimum atomic E-state index is -0.0282. The van der Waals surface area contributed by atoms with Crippen molar-refractivity contribution in [2.75, 3.05) is 44.2 Å². The zero-order valence-corrected chi connectivity index (χ0v) is 19.8. The summed E-state index contributed by atoms with van der Waals surface area (Å²) in [5, 5.41) is 5.10. The molecule has 0 aliphatic carbocycles. The van der Waals surface area contributed by atoms with Crippen LogP contribution in [0, 0.1) is 13.8 Å². The Morgan fingerprint density at radius 1 is 1.03 bits per heavy atom. The molecule has 0 radical (unpaired) electrons. The maximum absolute atomic E-state index is 12.6. The summed E-state index contributed by atoms with van der Waals surface area (Å²) in [7, 11) is 0. The van der Waals surface area contributed by atoms with E-state index in [2.05, 4.69) is 57.4 Å². The highest BCUT2D eigenvalue weighted by molar-refractivity contribution is 7.13. The summed E-state index contributed by atoms with van der Waals surface area (Å²) in [6, 6.07) is 16.7. The van der Waals surface area contributed by atoms with Gasteiger partial charge >= 0.3 is 0 Å². The van der Waals surface area contributed by atoms with Gasteiger partial charge in [-0.1, -0.05) is 18.2 Å². The summed E-state index contributed by atoms with van der Waals surface area (Å²) in [5.41, 5.74) is 5.02. The first-order valence-corrected chi connectivity index (χ1v) is 12.3. The number of nitrogens with one attached hydrogen (secondary N) is 1. The van der Waals surface area contributed by atoms with E-state index in [-0.39, 0.29) is 5.91 Å². The highest BCUT2D eigenvalue weighted by Crippen LogP contribution is 2.23. The lowest BCUT2D eigenvalue weighted by Crippen LogP contribution is -2.46. The van der Waals surface area contributed by atoms with Crippen molar-refractivity contribution in [2.24, 2.45) is 0 Å². The molecule has 1 aliphatic heterocycles. The van der Waals surface area contributed by atoms with Crippen molar-refractivity contribution in [3.63, 3.8) is 0 Å². The van der Waals surface area contributed by atoms with Crippen LogP contribution in [-0.2, 0) is 0 Å². The van der Waals surface area contributed by atoms with Gasteiger partial charge in [0.15, 0.2) is 0 Å². The van der Waals surface area contributed by atoms with Crippen LogP contribution < -0.4 is 10.2 Å². The molecule has 1 aromatic carbocycles. The number of anilines is 1. The first-order chi connectivity index (χ1) is 15.6. The average molecular weight is 449 g/mol. The van der Waals surface area contributed by atoms with Gasteiger partial charge in [0.25, 0.3) is 5.91 Å². The van der Waals surface area contributed by atoms with Gasteiger partial charge in [-0.3, -0.25) is 14.7 Å². The van der Waals surface area contributed by atoms with Crippen LogP contribution in [0.25, 0.3) is 10.6 Å². The number of hydrogen-bond acceptors (Lipinski definition) is 5. The predicted molar refractivity (Wildman–Crippen MR) is 134 cm³/mol. The van der Waals surface area contributed by atoms with Gasteiger partial charge < -0.3 is 10.2 Å². The van der Waals surface area contributed by atoms with Crippen LogP contribution in [0.15, 0.2) is 53.9 Å². The Morgan fingerprint density at radius 2 is 1.88 bits per heavy atom. The monoisotopic (exact) mass is 448 g/mol. The Kier molecular flexibility index (Phi) is 7.55. The average Bonchev–Trinajstić information content (AvgIpc) is 3.34. The maximum Gasteiger partial charge on any atom is 0.253 e. The molecule has 1 fully saturated rings. The predicted octanol–water partition coefficient (Wildman–Crippen LogP) is 4.76. The molecule has 0 atom stereocenters. The first-order valence-electron chi connectivity index (χ1n) is 11.4. The van der Waals surface area contributed by atoms with E-state index < -0.39 is 0 Å². The summed E-state index contributed by atoms with van der Waals surface area (Å²) >= 11 is 1.66. The standard InChI is InChI=1S/C26H32N4OS/c1-20-7-5-8-22(19-20)30-16-14-29(15-17-30)13-4-3-12-27-26(31)23-10-11-24(28-21(23)2)25-9-6-18-32-25/h5-11,18-19H,3-4,12-17H2,1-2H3,(H,27,31). The molecule has 1 saturated heterocycles. The van der Waals surface area contributed by atoms with Crippen molar-refractivity contribution in [2.45, 2.75) is 26.7 Å². The summed E-state index contributed by atoms with van der Waals surface area (Å²) in [6.45, 7) is 10.2. The Hall–Kier alpha value is -2.70. The number of pyridine rings is 1. The van der Waals surface area contributed by atoms with Crippen LogP contribution in [0.3, 0.4) is 0 Å². The Bertz CT molecular complexity index is 1030. The summed E-state index contributed by atoms with van der Waals surface area (Å²) in [6.07, 6.45) is 2.09. The van der Waals surface area contributed by atoms with Gasteiger partial charge in [-0.05, 0) is 74.5 Å². The van der Waals surface area contributed by atoms with Gasteiger partial charge in [-0.25, -0.2) is 0 Å². The number of rotatable bonds is 8. The van der Waals surface area contributed by atoms with Crippen LogP contribution in [0.1, 0.15) is 34.5 Å². The third kappa shape index (κ3) is 5.75. The van der Waals surface area contributed by atoms with Crippen LogP contribution >= 0.6 is 11.3 Å². The molecule has 0 saturated carbocycles. The minimum absolute atomic E-state index is 0.0282. The molecule has 4 rings (SSSR count). The lowest BCUT2D eigenvalue weighted by atomic mass is 10.1. The van der Waals surface area contributed by atoms with E-state index in [1.165, 1.54) is 11.3 Å². The molecule has 6 heteroatoms. The SMILES string of the molecule is Cc1cccc(N2CCN(CCCCNC(=O)c3ccc(-c4cccs4)nc3C)CC2)c1. The third-order valence-corrected chi connectivity index (χ3v) is 6.92. The van der Waals surface area contributed by atoms with Gasteiger partial charge in [-0.2, -0.15) is 0 Å². The number of amides is 1. The van der Waals surface area contributed by atoms with Crippen molar-refractivity contribution in [1.82, 2.24) is 15.2 Å². The Morgan fingerprint density at radius 3 is 2.59 bits per heavy atom. The summed E-state index contributed by atoms with van der Waals surface area (Å²) < 4.78 is 0. The number of nitrogens with zero attached hydrogens (tertiary/aromatic N) is 3. The zero-order valence-electron chi connectivity index (χ0n) is 19.0. The Labute approximate surface area is 195 Å². The molecule has 0 bridgehead atoms. The second-order valence-electron chi connectivity index (χ2n) is 8.44. The van der Waals surface area contributed by atoms with Crippen LogP contribution in [-0.4, -0.2) is 55.1 Å². The fourth-order valence-corrected chi connectivity index (χ4v) is 4.87. The Balaban J connectivity index is 1.15. The third-order valence-electron chi connectivity index (χ3n) is 6.03. The normalized spacial score (nSPS) is 14.5. The molecular formula is C26H32N4OS. The summed E-state index contributed by atoms with van der Waals surface area (Å²) in [5.74, 6) is -0.0282. The van der Waals surface area contributed by atoms with Crippen molar-refractivity contribution in [3.05, 3.63) is 70.7 Å². The number of carbonyl (C=O) groups excluding carboxylic acids is 1. The number of carbonyl (C=O) groups is 1. The minimum Gasteiger partial charge on any atom is -0.369 e. The number of aryl methyl sites for hydroxylation is 2. The molecular weight excluding hydrogens is 416 g/mol. The highest BCUT2D eigenvalue weighted by Gasteiger charge is 2.17. The fourth-order valence-electron chi connectivity index (χ4n) is 4.17. The van der Waals surface area contributed by atoms with Gasteiger partial charge in [0.1, 0.15) is 0 Å². The van der Waals surface area contributed by atoms with Gasteiger partial charge in [0.2, 0.25) is 0 Å². The molecule has 32 heavy (non-hydrogen) atoms. The molecule has 0 unspecified atom stereocenters. The van der Waals surface area contributed by atoms with E-state index in [0.29, 0.717) is 12.1 Å². The van der Waals surface area contributed by atoms with Gasteiger partial charge in [0, 0.05) is 38.4 Å². The lowest BCUT2D eigenvalue weighted by molar-refractivity contribution is 0.0951. The largest absolute Gasteiger partial charge is 0.369 e. The van der Waals surface area contributed by atoms with Crippen LogP contribution in [0.4, 0.5) is 5.69 Å². The smallest absolute Gasteiger partial charge is 0.253 e. The van der Waals surface area contributed by atoms with Gasteiger partial charge in [-0.15, -0.1) is 11.3 Å². The van der Waals surface area contributed by atoms with Gasteiger partial charge in [0.05, 0.1) is 21.8 Å². The van der Waals surface area contributed by atoms with Crippen molar-refractivity contribution in [3.8, 4) is 10.6 Å². The molecule has 5 nitrogen and oxygen atoms in total. The second kappa shape index (κ2) is 10.7. The van der Waals surface area contributed by atoms with Crippen LogP contribution in [0.5, 0.6) is 0 Å². The van der Waals surface area contributed by atoms with Crippen molar-refractivity contribution < 1.29 is 4.79 Å². The quantitative estimate of drug-likeness (QED) is 0.505. The number of thiophene rings is 1. The van der Waals surface area contributed by atoms with Crippen molar-refractivity contribution in [1.29, 1.82) is 0 Å². The molecule has 0 spiro atoms. The fraction of sp³-hybridized carbons (Fsp3) is 0.385. The molecule has 1 aliphatic rings. The molecule has 3 aromatic rings. The topological polar surface area (TPSA) is 48.5 Å². The van der Waals surface area contributed by atoms with E-state index >= 15 is 0 Å². The second-order valence-corrected chi connectivity index (χ2v) is 9.39. The van der Waals surface area contributed by atoms with E-state index in [1.807, 2.05) is 30.5 Å². The molecule has 1 amide bonds. The molecule has 1 N–H and O–H groups in total. The van der Waals surface area contributed by atoms with E-state index in [4.69, 9.17) is 0 Å². The highest BCUT2D eigenvalue weighted by atomic mass is 32.1. The number of hydrogen-bond donors (Lipinski definition) is 1. The lowest BCUT2D eigenvalue weighted by Gasteiger charge is -2.36. The van der Waals surface area contributed by atoms with E-state index in [0.717, 1.165) is 61.8 Å². The zero-order chi connectivity index (χ0) is 22.3. The van der Waals surface area contributed by atoms with E-state index in [9.17, 15) is 4.79 Å². The number of unbranched alkanes of at least 4 members (excludes halogenated alkanes) is 1. The molecule has 168 valence electrons.